The van der Waals surface area contributed by atoms with Gasteiger partial charge in [0.2, 0.25) is 0 Å². The van der Waals surface area contributed by atoms with Gasteiger partial charge in [0.05, 0.1) is 18.8 Å². The molecule has 0 saturated heterocycles. The van der Waals surface area contributed by atoms with Crippen molar-refractivity contribution in [2.45, 2.75) is 373 Å². The van der Waals surface area contributed by atoms with Gasteiger partial charge < -0.3 is 24.1 Å². The van der Waals surface area contributed by atoms with E-state index in [4.69, 9.17) is 18.9 Å². The largest absolute Gasteiger partial charge is 0.493 e. The predicted octanol–water partition coefficient (Wildman–Crippen LogP) is 23.8. The van der Waals surface area contributed by atoms with Crippen molar-refractivity contribution in [1.29, 1.82) is 0 Å². The fourth-order valence-corrected chi connectivity index (χ4v) is 12.5. The molecule has 1 fully saturated rings. The number of aryl methyl sites for hydroxylation is 1. The van der Waals surface area contributed by atoms with Gasteiger partial charge in [-0.15, -0.1) is 0 Å². The molecule has 1 aliphatic rings. The average Bonchev–Trinajstić information content (AvgIpc) is 3.47. The van der Waals surface area contributed by atoms with Gasteiger partial charge in [-0.25, -0.2) is 0 Å². The van der Waals surface area contributed by atoms with E-state index >= 15 is 0 Å². The second-order valence-electron chi connectivity index (χ2n) is 25.6. The second-order valence-corrected chi connectivity index (χ2v) is 25.6. The first kappa shape index (κ1) is 72.3. The van der Waals surface area contributed by atoms with Gasteiger partial charge in [-0.3, -0.25) is 0 Å². The van der Waals surface area contributed by atoms with E-state index < -0.39 is 6.10 Å². The van der Waals surface area contributed by atoms with E-state index in [9.17, 15) is 5.11 Å². The molecule has 0 heterocycles. The fraction of sp³-hybridized carbons (Fsp3) is 0.840. The highest BCUT2D eigenvalue weighted by molar-refractivity contribution is 5.35. The van der Waals surface area contributed by atoms with Crippen LogP contribution in [-0.4, -0.2) is 49.8 Å². The van der Waals surface area contributed by atoms with Crippen molar-refractivity contribution < 1.29 is 24.1 Å². The van der Waals surface area contributed by atoms with Gasteiger partial charge in [0.25, 0.3) is 0 Å². The van der Waals surface area contributed by atoms with Crippen LogP contribution in [0.3, 0.4) is 0 Å². The van der Waals surface area contributed by atoms with Gasteiger partial charge in [0, 0.05) is 19.8 Å². The molecule has 5 nitrogen and oxygen atoms in total. The molecule has 0 spiro atoms. The second kappa shape index (κ2) is 53.8. The zero-order chi connectivity index (χ0) is 56.9. The fourth-order valence-electron chi connectivity index (χ4n) is 12.5. The molecule has 0 bridgehead atoms. The first-order valence-electron chi connectivity index (χ1n) is 35.9. The smallest absolute Gasteiger partial charge is 0.119 e. The number of rotatable bonds is 59. The van der Waals surface area contributed by atoms with Crippen LogP contribution in [0.1, 0.15) is 365 Å². The number of ether oxygens (including phenoxy) is 4. The summed E-state index contributed by atoms with van der Waals surface area (Å²) in [6.07, 6.45) is 67.3. The molecule has 80 heavy (non-hydrogen) atoms. The molecule has 1 aliphatic carbocycles. The topological polar surface area (TPSA) is 57.2 Å². The maximum atomic E-state index is 11.1. The molecule has 5 heteroatoms. The van der Waals surface area contributed by atoms with Crippen LogP contribution in [0.15, 0.2) is 48.5 Å². The van der Waals surface area contributed by atoms with Crippen molar-refractivity contribution in [3.8, 4) is 5.75 Å². The molecule has 1 saturated carbocycles. The predicted molar refractivity (Wildman–Crippen MR) is 348 cm³/mol. The Balaban J connectivity index is 1.49. The molecular weight excluding hydrogens is 981 g/mol. The average molecular weight is 1120 g/mol. The normalized spacial score (nSPS) is 16.9. The zero-order valence-electron chi connectivity index (χ0n) is 53.8. The van der Waals surface area contributed by atoms with Crippen LogP contribution in [0.4, 0.5) is 0 Å². The van der Waals surface area contributed by atoms with Crippen LogP contribution < -0.4 is 4.74 Å². The lowest BCUT2D eigenvalue weighted by Gasteiger charge is -2.41. The number of hydrogen-bond donors (Lipinski definition) is 1. The van der Waals surface area contributed by atoms with E-state index in [-0.39, 0.29) is 18.3 Å². The van der Waals surface area contributed by atoms with E-state index in [2.05, 4.69) is 39.8 Å². The van der Waals surface area contributed by atoms with E-state index in [1.54, 1.807) is 0 Å². The van der Waals surface area contributed by atoms with Gasteiger partial charge >= 0.3 is 0 Å². The minimum absolute atomic E-state index is 0.0116. The lowest BCUT2D eigenvalue weighted by molar-refractivity contribution is -0.172. The van der Waals surface area contributed by atoms with Gasteiger partial charge in [-0.2, -0.15) is 0 Å². The molecule has 3 rings (SSSR count). The summed E-state index contributed by atoms with van der Waals surface area (Å²) in [6, 6.07) is 16.2. The zero-order valence-corrected chi connectivity index (χ0v) is 53.8. The Bertz CT molecular complexity index is 1510. The van der Waals surface area contributed by atoms with E-state index in [1.807, 2.05) is 36.4 Å². The Hall–Kier alpha value is -1.92. The summed E-state index contributed by atoms with van der Waals surface area (Å²) in [5.41, 5.74) is 2.99. The lowest BCUT2D eigenvalue weighted by Crippen LogP contribution is -2.50. The van der Waals surface area contributed by atoms with Crippen molar-refractivity contribution in [3.05, 3.63) is 65.2 Å². The molecule has 464 valence electrons. The lowest BCUT2D eigenvalue weighted by atomic mass is 9.83. The highest BCUT2D eigenvalue weighted by Gasteiger charge is 2.40. The molecule has 0 aliphatic heterocycles. The van der Waals surface area contributed by atoms with Crippen LogP contribution in [0.25, 0.3) is 0 Å². The van der Waals surface area contributed by atoms with Gasteiger partial charge in [-0.05, 0) is 68.2 Å². The minimum atomic E-state index is -0.654. The van der Waals surface area contributed by atoms with Gasteiger partial charge in [-0.1, -0.05) is 352 Å². The Kier molecular flexibility index (Phi) is 48.6. The standard InChI is InChI=1S/C75H134O5/c1-5-8-11-14-17-20-23-26-29-32-35-38-41-44-47-50-61-77-72-64-68(66-80-71-59-57-70(58-60-71)74(76)69-55-53-67(4)54-56-69)65-73(78-62-51-48-45-42-39-36-33-30-27-24-21-18-15-12-9-6-2)75(72)79-63-52-49-46-43-40-37-34-31-28-25-22-19-16-13-10-7-3/h53-60,68,72-76H,5-52,61-66H2,1-4H3. The van der Waals surface area contributed by atoms with Crippen LogP contribution >= 0.6 is 0 Å². The van der Waals surface area contributed by atoms with Crippen molar-refractivity contribution in [1.82, 2.24) is 0 Å². The first-order chi connectivity index (χ1) is 39.5. The minimum Gasteiger partial charge on any atom is -0.493 e. The van der Waals surface area contributed by atoms with Crippen LogP contribution in [0, 0.1) is 12.8 Å². The van der Waals surface area contributed by atoms with Crippen molar-refractivity contribution in [3.63, 3.8) is 0 Å². The number of unbranched alkanes of at least 4 members (excludes halogenated alkanes) is 45. The van der Waals surface area contributed by atoms with Crippen LogP contribution in [0.2, 0.25) is 0 Å². The molecule has 2 aromatic rings. The number of aliphatic hydroxyl groups excluding tert-OH is 1. The summed E-state index contributed by atoms with van der Waals surface area (Å²) in [5, 5.41) is 11.1. The SMILES string of the molecule is CCCCCCCCCCCCCCCCCCOC1CC(COc2ccc(C(O)c3ccc(C)cc3)cc2)CC(OCCCCCCCCCCCCCCCCCC)C1OCCCCCCCCCCCCCCCCCC. The summed E-state index contributed by atoms with van der Waals surface area (Å²) in [5.74, 6) is 1.16. The van der Waals surface area contributed by atoms with Gasteiger partial charge in [0.15, 0.2) is 0 Å². The number of aliphatic hydroxyl groups is 1. The Morgan fingerprint density at radius 3 is 0.875 bits per heavy atom. The highest BCUT2D eigenvalue weighted by Crippen LogP contribution is 2.34. The molecule has 1 N–H and O–H groups in total. The van der Waals surface area contributed by atoms with Crippen molar-refractivity contribution in [2.24, 2.45) is 5.92 Å². The molecular formula is C75H134O5. The van der Waals surface area contributed by atoms with Gasteiger partial charge in [0.1, 0.15) is 18.0 Å². The van der Waals surface area contributed by atoms with Crippen LogP contribution in [0.5, 0.6) is 5.75 Å². The summed E-state index contributed by atoms with van der Waals surface area (Å²) in [4.78, 5) is 0. The monoisotopic (exact) mass is 1120 g/mol. The molecule has 0 aromatic heterocycles. The third-order valence-electron chi connectivity index (χ3n) is 17.9. The molecule has 0 radical (unpaired) electrons. The van der Waals surface area contributed by atoms with Crippen molar-refractivity contribution >= 4 is 0 Å². The maximum absolute atomic E-state index is 11.1. The van der Waals surface area contributed by atoms with E-state index in [0.717, 1.165) is 68.8 Å². The molecule has 3 atom stereocenters. The molecule has 0 amide bonds. The molecule has 3 unspecified atom stereocenters. The Labute approximate surface area is 498 Å². The maximum Gasteiger partial charge on any atom is 0.119 e. The third kappa shape index (κ3) is 39.6. The summed E-state index contributed by atoms with van der Waals surface area (Å²) in [6.45, 7) is 12.0. The Morgan fingerprint density at radius 2 is 0.588 bits per heavy atom. The van der Waals surface area contributed by atoms with E-state index in [0.29, 0.717) is 12.5 Å². The third-order valence-corrected chi connectivity index (χ3v) is 17.9. The highest BCUT2D eigenvalue weighted by atomic mass is 16.6. The summed E-state index contributed by atoms with van der Waals surface area (Å²) >= 11 is 0. The quantitative estimate of drug-likeness (QED) is 0.0669. The number of hydrogen-bond acceptors (Lipinski definition) is 5. The number of benzene rings is 2. The molecule has 2 aromatic carbocycles. The van der Waals surface area contributed by atoms with Crippen LogP contribution in [-0.2, 0) is 14.2 Å². The summed E-state index contributed by atoms with van der Waals surface area (Å²) < 4.78 is 27.4. The van der Waals surface area contributed by atoms with Crippen molar-refractivity contribution in [2.75, 3.05) is 26.4 Å². The Morgan fingerprint density at radius 1 is 0.338 bits per heavy atom. The van der Waals surface area contributed by atoms with E-state index in [1.165, 1.54) is 295 Å². The summed E-state index contributed by atoms with van der Waals surface area (Å²) in [7, 11) is 0. The first-order valence-corrected chi connectivity index (χ1v) is 35.9.